The molecule has 2 aromatic carbocycles. The summed E-state index contributed by atoms with van der Waals surface area (Å²) < 4.78 is 5.41. The summed E-state index contributed by atoms with van der Waals surface area (Å²) in [5, 5.41) is 10.2. The first-order valence-electron chi connectivity index (χ1n) is 7.72. The topological polar surface area (TPSA) is 45.1 Å². The number of nitrogens with zero attached hydrogens (tertiary/aromatic N) is 2. The Morgan fingerprint density at radius 2 is 1.96 bits per heavy atom. The molecule has 0 fully saturated rings. The van der Waals surface area contributed by atoms with Crippen LogP contribution in [0, 0.1) is 0 Å². The molecule has 1 N–H and O–H groups in total. The van der Waals surface area contributed by atoms with Crippen molar-refractivity contribution in [2.75, 3.05) is 31.2 Å². The fraction of sp³-hybridized carbons (Fsp3) is 0.278. The van der Waals surface area contributed by atoms with E-state index < -0.39 is 0 Å². The molecule has 1 atom stereocenters. The van der Waals surface area contributed by atoms with Crippen molar-refractivity contribution in [1.82, 2.24) is 0 Å². The lowest BCUT2D eigenvalue weighted by Gasteiger charge is -2.35. The summed E-state index contributed by atoms with van der Waals surface area (Å²) >= 11 is 12.5. The largest absolute Gasteiger partial charge is 0.491 e. The number of anilines is 1. The molecule has 126 valence electrons. The van der Waals surface area contributed by atoms with Crippen molar-refractivity contribution in [2.24, 2.45) is 4.99 Å². The van der Waals surface area contributed by atoms with Gasteiger partial charge in [-0.2, -0.15) is 0 Å². The van der Waals surface area contributed by atoms with E-state index in [1.807, 2.05) is 42.6 Å². The summed E-state index contributed by atoms with van der Waals surface area (Å²) in [4.78, 5) is 6.64. The Morgan fingerprint density at radius 1 is 1.17 bits per heavy atom. The normalized spacial score (nSPS) is 17.1. The molecule has 4 nitrogen and oxygen atoms in total. The zero-order valence-electron chi connectivity index (χ0n) is 13.0. The number of hydrogen-bond acceptors (Lipinski definition) is 4. The van der Waals surface area contributed by atoms with Crippen LogP contribution in [-0.4, -0.2) is 37.6 Å². The van der Waals surface area contributed by atoms with Crippen molar-refractivity contribution in [3.8, 4) is 5.75 Å². The average Bonchev–Trinajstić information content (AvgIpc) is 2.61. The molecular formula is C18H18Cl2N2O2. The van der Waals surface area contributed by atoms with Crippen molar-refractivity contribution < 1.29 is 9.84 Å². The fourth-order valence-electron chi connectivity index (χ4n) is 2.76. The highest BCUT2D eigenvalue weighted by molar-refractivity contribution is 6.33. The van der Waals surface area contributed by atoms with Crippen molar-refractivity contribution in [2.45, 2.75) is 6.04 Å². The Labute approximate surface area is 151 Å². The molecule has 1 aliphatic rings. The van der Waals surface area contributed by atoms with Gasteiger partial charge in [0.25, 0.3) is 0 Å². The van der Waals surface area contributed by atoms with E-state index in [0.717, 1.165) is 11.3 Å². The Bertz CT molecular complexity index is 719. The molecule has 24 heavy (non-hydrogen) atoms. The molecule has 0 aromatic heterocycles. The molecule has 0 bridgehead atoms. The number of rotatable bonds is 5. The molecule has 3 rings (SSSR count). The van der Waals surface area contributed by atoms with E-state index in [1.165, 1.54) is 0 Å². The van der Waals surface area contributed by atoms with Gasteiger partial charge in [0.15, 0.2) is 0 Å². The second kappa shape index (κ2) is 7.88. The van der Waals surface area contributed by atoms with Gasteiger partial charge < -0.3 is 14.7 Å². The van der Waals surface area contributed by atoms with Crippen LogP contribution < -0.4 is 9.64 Å². The minimum atomic E-state index is -0.0272. The molecule has 6 heteroatoms. The highest BCUT2D eigenvalue weighted by Gasteiger charge is 2.24. The van der Waals surface area contributed by atoms with Crippen LogP contribution in [0.25, 0.3) is 0 Å². The van der Waals surface area contributed by atoms with E-state index in [0.29, 0.717) is 28.9 Å². The van der Waals surface area contributed by atoms with Gasteiger partial charge in [0.05, 0.1) is 36.4 Å². The maximum absolute atomic E-state index is 8.85. The number of benzene rings is 2. The molecule has 0 spiro atoms. The predicted octanol–water partition coefficient (Wildman–Crippen LogP) is 4.00. The van der Waals surface area contributed by atoms with Gasteiger partial charge in [0.2, 0.25) is 0 Å². The van der Waals surface area contributed by atoms with E-state index >= 15 is 0 Å². The van der Waals surface area contributed by atoms with E-state index in [1.54, 1.807) is 6.07 Å². The summed E-state index contributed by atoms with van der Waals surface area (Å²) in [5.41, 5.74) is 2.08. The lowest BCUT2D eigenvalue weighted by atomic mass is 10.0. The summed E-state index contributed by atoms with van der Waals surface area (Å²) in [6.45, 7) is 1.57. The zero-order chi connectivity index (χ0) is 16.9. The maximum atomic E-state index is 8.85. The molecule has 0 unspecified atom stereocenters. The highest BCUT2D eigenvalue weighted by Crippen LogP contribution is 2.36. The number of ether oxygens (including phenoxy) is 1. The van der Waals surface area contributed by atoms with Crippen molar-refractivity contribution in [1.29, 1.82) is 0 Å². The van der Waals surface area contributed by atoms with Crippen LogP contribution >= 0.6 is 23.2 Å². The first-order chi connectivity index (χ1) is 11.7. The molecule has 0 saturated heterocycles. The number of aliphatic hydroxyl groups is 1. The predicted molar refractivity (Wildman–Crippen MR) is 98.9 cm³/mol. The van der Waals surface area contributed by atoms with Crippen LogP contribution in [0.1, 0.15) is 11.6 Å². The maximum Gasteiger partial charge on any atom is 0.121 e. The fourth-order valence-corrected chi connectivity index (χ4v) is 3.16. The molecule has 1 aliphatic heterocycles. The summed E-state index contributed by atoms with van der Waals surface area (Å²) in [7, 11) is 0. The molecule has 0 amide bonds. The molecule has 0 radical (unpaired) electrons. The number of hydrogen-bond donors (Lipinski definition) is 1. The van der Waals surface area contributed by atoms with Gasteiger partial charge in [-0.15, -0.1) is 0 Å². The third kappa shape index (κ3) is 3.83. The quantitative estimate of drug-likeness (QED) is 0.871. The van der Waals surface area contributed by atoms with Gasteiger partial charge in [-0.25, -0.2) is 0 Å². The number of aliphatic imine (C=N–C) groups is 1. The van der Waals surface area contributed by atoms with Gasteiger partial charge in [-0.1, -0.05) is 35.3 Å². The van der Waals surface area contributed by atoms with Crippen LogP contribution in [0.4, 0.5) is 5.69 Å². The van der Waals surface area contributed by atoms with Crippen LogP contribution in [-0.2, 0) is 0 Å². The van der Waals surface area contributed by atoms with Gasteiger partial charge >= 0.3 is 0 Å². The van der Waals surface area contributed by atoms with Crippen LogP contribution in [0.5, 0.6) is 5.75 Å². The van der Waals surface area contributed by atoms with Crippen LogP contribution in [0.2, 0.25) is 10.0 Å². The van der Waals surface area contributed by atoms with Crippen LogP contribution in [0.15, 0.2) is 47.5 Å². The van der Waals surface area contributed by atoms with Gasteiger partial charge in [-0.3, -0.25) is 4.99 Å². The van der Waals surface area contributed by atoms with Gasteiger partial charge in [0.1, 0.15) is 12.4 Å². The number of aliphatic hydroxyl groups excluding tert-OH is 1. The molecule has 2 aromatic rings. The molecule has 0 saturated carbocycles. The van der Waals surface area contributed by atoms with Crippen LogP contribution in [0.3, 0.4) is 0 Å². The first kappa shape index (κ1) is 17.1. The van der Waals surface area contributed by atoms with E-state index in [2.05, 4.69) is 9.89 Å². The van der Waals surface area contributed by atoms with E-state index in [-0.39, 0.29) is 19.3 Å². The SMILES string of the molecule is OCCOc1ccc(N2CC=NC[C@H]2c2ccc(Cl)cc2)c(Cl)c1. The first-order valence-corrected chi connectivity index (χ1v) is 8.48. The number of halogens is 2. The monoisotopic (exact) mass is 364 g/mol. The minimum absolute atomic E-state index is 0.0272. The highest BCUT2D eigenvalue weighted by atomic mass is 35.5. The second-order valence-electron chi connectivity index (χ2n) is 5.45. The zero-order valence-corrected chi connectivity index (χ0v) is 14.5. The lowest BCUT2D eigenvalue weighted by molar-refractivity contribution is 0.201. The second-order valence-corrected chi connectivity index (χ2v) is 6.30. The summed E-state index contributed by atoms with van der Waals surface area (Å²) in [5.74, 6) is 0.645. The lowest BCUT2D eigenvalue weighted by Crippen LogP contribution is -2.35. The Hall–Kier alpha value is -1.75. The van der Waals surface area contributed by atoms with Gasteiger partial charge in [-0.05, 0) is 29.8 Å². The van der Waals surface area contributed by atoms with Crippen molar-refractivity contribution in [3.05, 3.63) is 58.1 Å². The Morgan fingerprint density at radius 3 is 2.67 bits per heavy atom. The van der Waals surface area contributed by atoms with E-state index in [9.17, 15) is 0 Å². The third-order valence-electron chi connectivity index (χ3n) is 3.91. The van der Waals surface area contributed by atoms with Gasteiger partial charge in [0, 0.05) is 17.3 Å². The smallest absolute Gasteiger partial charge is 0.121 e. The Kier molecular flexibility index (Phi) is 5.61. The molecular weight excluding hydrogens is 347 g/mol. The third-order valence-corrected chi connectivity index (χ3v) is 4.46. The summed E-state index contributed by atoms with van der Waals surface area (Å²) in [6.07, 6.45) is 1.90. The van der Waals surface area contributed by atoms with Crippen molar-refractivity contribution in [3.63, 3.8) is 0 Å². The average molecular weight is 365 g/mol. The standard InChI is InChI=1S/C18H18Cl2N2O2/c19-14-3-1-13(2-4-14)18-12-21-7-8-22(18)17-6-5-15(11-16(17)20)24-10-9-23/h1-7,11,18,23H,8-10,12H2/t18-/m0/s1. The summed E-state index contributed by atoms with van der Waals surface area (Å²) in [6, 6.07) is 13.5. The van der Waals surface area contributed by atoms with Crippen molar-refractivity contribution >= 4 is 35.1 Å². The molecule has 1 heterocycles. The minimum Gasteiger partial charge on any atom is -0.491 e. The van der Waals surface area contributed by atoms with E-state index in [4.69, 9.17) is 33.0 Å². The molecule has 0 aliphatic carbocycles. The Balaban J connectivity index is 1.88.